The Kier molecular flexibility index (Phi) is 4.04. The van der Waals surface area contributed by atoms with E-state index in [2.05, 4.69) is 10.3 Å². The van der Waals surface area contributed by atoms with Crippen LogP contribution < -0.4 is 5.32 Å². The van der Waals surface area contributed by atoms with Gasteiger partial charge in [0.1, 0.15) is 6.54 Å². The van der Waals surface area contributed by atoms with Gasteiger partial charge in [0.2, 0.25) is 5.91 Å². The van der Waals surface area contributed by atoms with Crippen LogP contribution in [0.2, 0.25) is 0 Å². The average molecular weight is 302 g/mol. The fourth-order valence-corrected chi connectivity index (χ4v) is 2.95. The number of urea groups is 1. The second-order valence-electron chi connectivity index (χ2n) is 5.49. The number of hydrogen-bond donors (Lipinski definition) is 1. The zero-order valence-corrected chi connectivity index (χ0v) is 12.2. The highest BCUT2D eigenvalue weighted by molar-refractivity contribution is 6.04. The number of amides is 4. The summed E-state index contributed by atoms with van der Waals surface area (Å²) in [6, 6.07) is 5.07. The molecule has 1 aromatic heterocycles. The van der Waals surface area contributed by atoms with E-state index in [9.17, 15) is 14.4 Å². The van der Waals surface area contributed by atoms with Crippen LogP contribution in [0.15, 0.2) is 24.4 Å². The number of likely N-dealkylation sites (tertiary alicyclic amines) is 1. The predicted molar refractivity (Wildman–Crippen MR) is 77.7 cm³/mol. The van der Waals surface area contributed by atoms with E-state index in [1.807, 2.05) is 18.2 Å². The molecule has 0 aliphatic carbocycles. The van der Waals surface area contributed by atoms with E-state index in [0.717, 1.165) is 29.9 Å². The maximum Gasteiger partial charge on any atom is 0.325 e. The van der Waals surface area contributed by atoms with Crippen LogP contribution >= 0.6 is 0 Å². The van der Waals surface area contributed by atoms with E-state index >= 15 is 0 Å². The quantitative estimate of drug-likeness (QED) is 0.833. The van der Waals surface area contributed by atoms with Crippen LogP contribution in [0.25, 0.3) is 0 Å². The van der Waals surface area contributed by atoms with E-state index in [1.54, 1.807) is 11.1 Å². The molecule has 2 aliphatic heterocycles. The molecule has 0 bridgehead atoms. The topological polar surface area (TPSA) is 82.6 Å². The normalized spacial score (nSPS) is 21.9. The van der Waals surface area contributed by atoms with Gasteiger partial charge < -0.3 is 10.2 Å². The lowest BCUT2D eigenvalue weighted by molar-refractivity contribution is -0.139. The van der Waals surface area contributed by atoms with Gasteiger partial charge in [-0.05, 0) is 31.4 Å². The van der Waals surface area contributed by atoms with Crippen LogP contribution in [-0.2, 0) is 9.59 Å². The Bertz CT molecular complexity index is 574. The van der Waals surface area contributed by atoms with Gasteiger partial charge in [-0.15, -0.1) is 0 Å². The van der Waals surface area contributed by atoms with Crippen molar-refractivity contribution in [2.75, 3.05) is 19.6 Å². The molecule has 0 saturated carbocycles. The van der Waals surface area contributed by atoms with Crippen molar-refractivity contribution in [1.29, 1.82) is 0 Å². The third-order valence-electron chi connectivity index (χ3n) is 4.08. The number of piperidine rings is 1. The van der Waals surface area contributed by atoms with Crippen molar-refractivity contribution >= 4 is 17.8 Å². The minimum atomic E-state index is -0.496. The fourth-order valence-electron chi connectivity index (χ4n) is 2.95. The highest BCUT2D eigenvalue weighted by Crippen LogP contribution is 2.29. The Morgan fingerprint density at radius 3 is 2.86 bits per heavy atom. The molecule has 0 radical (unpaired) electrons. The third kappa shape index (κ3) is 2.79. The Hall–Kier alpha value is -2.44. The van der Waals surface area contributed by atoms with E-state index in [0.29, 0.717) is 6.54 Å². The number of carbonyl (C=O) groups is 3. The number of nitrogens with one attached hydrogen (secondary N) is 1. The molecule has 4 amide bonds. The predicted octanol–water partition coefficient (Wildman–Crippen LogP) is 0.687. The summed E-state index contributed by atoms with van der Waals surface area (Å²) in [5.74, 6) is -0.564. The zero-order chi connectivity index (χ0) is 15.5. The molecule has 2 fully saturated rings. The Morgan fingerprint density at radius 2 is 2.18 bits per heavy atom. The molecular formula is C15H18N4O3. The van der Waals surface area contributed by atoms with Crippen LogP contribution in [-0.4, -0.2) is 52.3 Å². The molecule has 116 valence electrons. The van der Waals surface area contributed by atoms with Crippen molar-refractivity contribution in [2.24, 2.45) is 0 Å². The minimum Gasteiger partial charge on any atom is -0.333 e. The van der Waals surface area contributed by atoms with Gasteiger partial charge >= 0.3 is 6.03 Å². The molecule has 0 spiro atoms. The lowest BCUT2D eigenvalue weighted by atomic mass is 9.98. The Labute approximate surface area is 128 Å². The number of carbonyl (C=O) groups excluding carboxylic acids is 3. The molecule has 1 atom stereocenters. The van der Waals surface area contributed by atoms with Gasteiger partial charge in [-0.25, -0.2) is 4.79 Å². The molecule has 7 heteroatoms. The van der Waals surface area contributed by atoms with Crippen molar-refractivity contribution < 1.29 is 14.4 Å². The van der Waals surface area contributed by atoms with Crippen molar-refractivity contribution in [3.05, 3.63) is 30.1 Å². The van der Waals surface area contributed by atoms with Crippen molar-refractivity contribution in [2.45, 2.75) is 25.3 Å². The lowest BCUT2D eigenvalue weighted by Crippen LogP contribution is -2.46. The molecular weight excluding hydrogens is 284 g/mol. The Balaban J connectivity index is 1.74. The van der Waals surface area contributed by atoms with E-state index in [-0.39, 0.29) is 30.9 Å². The van der Waals surface area contributed by atoms with Gasteiger partial charge in [0.05, 0.1) is 18.3 Å². The van der Waals surface area contributed by atoms with Crippen LogP contribution in [0.5, 0.6) is 0 Å². The van der Waals surface area contributed by atoms with Gasteiger partial charge in [0, 0.05) is 12.7 Å². The Morgan fingerprint density at radius 1 is 1.32 bits per heavy atom. The van der Waals surface area contributed by atoms with Gasteiger partial charge in [0.25, 0.3) is 5.91 Å². The van der Waals surface area contributed by atoms with Crippen molar-refractivity contribution in [1.82, 2.24) is 20.1 Å². The van der Waals surface area contributed by atoms with Crippen LogP contribution in [0.3, 0.4) is 0 Å². The maximum absolute atomic E-state index is 12.6. The molecule has 2 aliphatic rings. The molecule has 1 aromatic rings. The monoisotopic (exact) mass is 302 g/mol. The molecule has 0 unspecified atom stereocenters. The molecule has 3 heterocycles. The van der Waals surface area contributed by atoms with Crippen molar-refractivity contribution in [3.63, 3.8) is 0 Å². The molecule has 22 heavy (non-hydrogen) atoms. The lowest BCUT2D eigenvalue weighted by Gasteiger charge is -2.36. The zero-order valence-electron chi connectivity index (χ0n) is 12.2. The van der Waals surface area contributed by atoms with Crippen LogP contribution in [0.4, 0.5) is 4.79 Å². The molecule has 7 nitrogen and oxygen atoms in total. The number of imide groups is 1. The van der Waals surface area contributed by atoms with Crippen LogP contribution in [0.1, 0.15) is 31.0 Å². The summed E-state index contributed by atoms with van der Waals surface area (Å²) in [5, 5.41) is 2.42. The third-order valence-corrected chi connectivity index (χ3v) is 4.08. The van der Waals surface area contributed by atoms with Crippen molar-refractivity contribution in [3.8, 4) is 0 Å². The van der Waals surface area contributed by atoms with Crippen LogP contribution in [0, 0.1) is 0 Å². The first-order valence-corrected chi connectivity index (χ1v) is 7.45. The summed E-state index contributed by atoms with van der Waals surface area (Å²) in [5.41, 5.74) is 0.854. The summed E-state index contributed by atoms with van der Waals surface area (Å²) in [4.78, 5) is 42.8. The minimum absolute atomic E-state index is 0.0320. The summed E-state index contributed by atoms with van der Waals surface area (Å²) in [6.07, 6.45) is 4.52. The average Bonchev–Trinajstić information content (AvgIpc) is 2.87. The summed E-state index contributed by atoms with van der Waals surface area (Å²) in [6.45, 7) is 0.396. The second kappa shape index (κ2) is 6.13. The maximum atomic E-state index is 12.6. The first kappa shape index (κ1) is 14.5. The van der Waals surface area contributed by atoms with E-state index < -0.39 is 6.03 Å². The highest BCUT2D eigenvalue weighted by atomic mass is 16.2. The standard InChI is InChI=1S/C15H18N4O3/c20-13-9-17-15(22)19(13)10-14(21)18-8-4-2-6-12(18)11-5-1-3-7-16-11/h1,3,5,7,12H,2,4,6,8-10H2,(H,17,22)/t12-/m0/s1. The number of rotatable bonds is 3. The number of pyridine rings is 1. The SMILES string of the molecule is O=C1CNC(=O)N1CC(=O)N1CCCC[C@H]1c1ccccn1. The van der Waals surface area contributed by atoms with Gasteiger partial charge in [-0.3, -0.25) is 19.5 Å². The van der Waals surface area contributed by atoms with Gasteiger partial charge in [0.15, 0.2) is 0 Å². The summed E-state index contributed by atoms with van der Waals surface area (Å²) < 4.78 is 0. The molecule has 1 N–H and O–H groups in total. The smallest absolute Gasteiger partial charge is 0.325 e. The first-order chi connectivity index (χ1) is 10.7. The highest BCUT2D eigenvalue weighted by Gasteiger charge is 2.34. The fraction of sp³-hybridized carbons (Fsp3) is 0.467. The van der Waals surface area contributed by atoms with Gasteiger partial charge in [-0.2, -0.15) is 0 Å². The van der Waals surface area contributed by atoms with E-state index in [4.69, 9.17) is 0 Å². The summed E-state index contributed by atoms with van der Waals surface area (Å²) >= 11 is 0. The number of nitrogens with zero attached hydrogens (tertiary/aromatic N) is 3. The van der Waals surface area contributed by atoms with E-state index in [1.165, 1.54) is 0 Å². The first-order valence-electron chi connectivity index (χ1n) is 7.45. The summed E-state index contributed by atoms with van der Waals surface area (Å²) in [7, 11) is 0. The molecule has 2 saturated heterocycles. The second-order valence-corrected chi connectivity index (χ2v) is 5.49. The number of aromatic nitrogens is 1. The van der Waals surface area contributed by atoms with Gasteiger partial charge in [-0.1, -0.05) is 6.07 Å². The molecule has 3 rings (SSSR count). The largest absolute Gasteiger partial charge is 0.333 e. The number of hydrogen-bond acceptors (Lipinski definition) is 4. The molecule has 0 aromatic carbocycles.